The number of nitrogens with one attached hydrogen (secondary N) is 2. The number of rotatable bonds is 5. The summed E-state index contributed by atoms with van der Waals surface area (Å²) in [7, 11) is 0. The number of anilines is 3. The Labute approximate surface area is 107 Å². The smallest absolute Gasteiger partial charge is 0.223 e. The zero-order chi connectivity index (χ0) is 13.8. The molecular weight excluding hydrogens is 232 g/mol. The van der Waals surface area contributed by atoms with Crippen LogP contribution in [0.2, 0.25) is 0 Å². The number of hydrogen-bond donors (Lipinski definition) is 5. The number of hydrogen-bond acceptors (Lipinski definition) is 7. The van der Waals surface area contributed by atoms with Crippen molar-refractivity contribution in [1.82, 2.24) is 9.97 Å². The zero-order valence-electron chi connectivity index (χ0n) is 11.1. The second-order valence-corrected chi connectivity index (χ2v) is 5.22. The van der Waals surface area contributed by atoms with Gasteiger partial charge in [0, 0.05) is 18.7 Å². The zero-order valence-corrected chi connectivity index (χ0v) is 11.1. The number of nitrogens with zero attached hydrogens (tertiary/aromatic N) is 2. The molecule has 7 heteroatoms. The summed E-state index contributed by atoms with van der Waals surface area (Å²) in [5, 5.41) is 12.4. The van der Waals surface area contributed by atoms with Crippen LogP contribution < -0.4 is 22.3 Å². The van der Waals surface area contributed by atoms with Gasteiger partial charge in [-0.05, 0) is 11.8 Å². The van der Waals surface area contributed by atoms with Gasteiger partial charge >= 0.3 is 0 Å². The standard InChI is InChI=1S/C11H22N6O/c1-11(2,3)7(4-5-18)14-8-6-9(17-13)16-10(12)15-8/h6-7,18H,4-5,13H2,1-3H3,(H4,12,14,15,16,17). The number of hydrazine groups is 1. The van der Waals surface area contributed by atoms with Crippen molar-refractivity contribution in [3.05, 3.63) is 6.07 Å². The lowest BCUT2D eigenvalue weighted by Gasteiger charge is -2.31. The third-order valence-electron chi connectivity index (χ3n) is 2.68. The van der Waals surface area contributed by atoms with Gasteiger partial charge in [0.05, 0.1) is 0 Å². The average molecular weight is 254 g/mol. The molecule has 0 aromatic carbocycles. The molecule has 0 aliphatic heterocycles. The van der Waals surface area contributed by atoms with E-state index < -0.39 is 0 Å². The minimum atomic E-state index is -0.0151. The van der Waals surface area contributed by atoms with Crippen LogP contribution in [0.4, 0.5) is 17.6 Å². The van der Waals surface area contributed by atoms with Crippen LogP contribution >= 0.6 is 0 Å². The summed E-state index contributed by atoms with van der Waals surface area (Å²) < 4.78 is 0. The van der Waals surface area contributed by atoms with E-state index in [0.29, 0.717) is 18.1 Å². The molecule has 7 N–H and O–H groups in total. The number of aliphatic hydroxyl groups is 1. The maximum atomic E-state index is 9.10. The second-order valence-electron chi connectivity index (χ2n) is 5.22. The number of nitrogens with two attached hydrogens (primary N) is 2. The SMILES string of the molecule is CC(C)(C)C(CCO)Nc1cc(NN)nc(N)n1. The molecule has 0 spiro atoms. The van der Waals surface area contributed by atoms with E-state index in [9.17, 15) is 0 Å². The van der Waals surface area contributed by atoms with Gasteiger partial charge in [-0.15, -0.1) is 0 Å². The van der Waals surface area contributed by atoms with Gasteiger partial charge in [0.1, 0.15) is 11.6 Å². The maximum absolute atomic E-state index is 9.10. The Balaban J connectivity index is 2.90. The number of nitrogen functional groups attached to an aromatic ring is 2. The van der Waals surface area contributed by atoms with Gasteiger partial charge in [-0.1, -0.05) is 20.8 Å². The van der Waals surface area contributed by atoms with Crippen molar-refractivity contribution in [2.75, 3.05) is 23.1 Å². The summed E-state index contributed by atoms with van der Waals surface area (Å²) in [6.45, 7) is 6.38. The molecule has 0 radical (unpaired) electrons. The van der Waals surface area contributed by atoms with Crippen LogP contribution in [-0.2, 0) is 0 Å². The van der Waals surface area contributed by atoms with Crippen molar-refractivity contribution in [3.8, 4) is 0 Å². The Morgan fingerprint density at radius 1 is 1.33 bits per heavy atom. The molecule has 18 heavy (non-hydrogen) atoms. The van der Waals surface area contributed by atoms with Crippen LogP contribution in [0.25, 0.3) is 0 Å². The van der Waals surface area contributed by atoms with E-state index in [1.165, 1.54) is 0 Å². The minimum Gasteiger partial charge on any atom is -0.396 e. The molecule has 1 rings (SSSR count). The van der Waals surface area contributed by atoms with Gasteiger partial charge in [0.25, 0.3) is 0 Å². The first-order valence-electron chi connectivity index (χ1n) is 5.85. The fourth-order valence-corrected chi connectivity index (χ4v) is 1.64. The molecule has 1 aromatic rings. The predicted octanol–water partition coefficient (Wildman–Crippen LogP) is 0.553. The Hall–Kier alpha value is -1.60. The summed E-state index contributed by atoms with van der Waals surface area (Å²) in [5.74, 6) is 6.48. The molecule has 1 unspecified atom stereocenters. The van der Waals surface area contributed by atoms with Gasteiger partial charge < -0.3 is 21.6 Å². The van der Waals surface area contributed by atoms with E-state index in [0.717, 1.165) is 0 Å². The Morgan fingerprint density at radius 3 is 2.44 bits per heavy atom. The molecule has 0 saturated carbocycles. The predicted molar refractivity (Wildman–Crippen MR) is 72.8 cm³/mol. The van der Waals surface area contributed by atoms with Crippen molar-refractivity contribution in [3.63, 3.8) is 0 Å². The molecule has 0 aliphatic rings. The third kappa shape index (κ3) is 4.01. The van der Waals surface area contributed by atoms with Gasteiger partial charge in [0.15, 0.2) is 0 Å². The third-order valence-corrected chi connectivity index (χ3v) is 2.68. The molecule has 102 valence electrons. The van der Waals surface area contributed by atoms with Gasteiger partial charge in [-0.25, -0.2) is 5.84 Å². The highest BCUT2D eigenvalue weighted by molar-refractivity contribution is 5.50. The molecule has 0 bridgehead atoms. The Kier molecular flexibility index (Phi) is 4.69. The molecule has 1 atom stereocenters. The molecule has 1 heterocycles. The number of aliphatic hydroxyl groups excluding tert-OH is 1. The molecule has 0 aliphatic carbocycles. The van der Waals surface area contributed by atoms with Crippen molar-refractivity contribution in [2.24, 2.45) is 11.3 Å². The minimum absolute atomic E-state index is 0.0151. The first-order valence-corrected chi connectivity index (χ1v) is 5.85. The monoisotopic (exact) mass is 254 g/mol. The topological polar surface area (TPSA) is 122 Å². The van der Waals surface area contributed by atoms with Gasteiger partial charge in [-0.2, -0.15) is 9.97 Å². The summed E-state index contributed by atoms with van der Waals surface area (Å²) in [4.78, 5) is 8.00. The van der Waals surface area contributed by atoms with Crippen molar-refractivity contribution in [1.29, 1.82) is 0 Å². The quantitative estimate of drug-likeness (QED) is 0.384. The van der Waals surface area contributed by atoms with Crippen LogP contribution in [0.15, 0.2) is 6.07 Å². The highest BCUT2D eigenvalue weighted by Crippen LogP contribution is 2.25. The first-order chi connectivity index (χ1) is 8.36. The van der Waals surface area contributed by atoms with Gasteiger partial charge in [0.2, 0.25) is 5.95 Å². The van der Waals surface area contributed by atoms with Crippen LogP contribution in [0.1, 0.15) is 27.2 Å². The number of aromatic nitrogens is 2. The van der Waals surface area contributed by atoms with Crippen LogP contribution in [0.5, 0.6) is 0 Å². The van der Waals surface area contributed by atoms with E-state index in [4.69, 9.17) is 16.7 Å². The lowest BCUT2D eigenvalue weighted by molar-refractivity contribution is 0.235. The molecule has 0 saturated heterocycles. The first kappa shape index (κ1) is 14.5. The Morgan fingerprint density at radius 2 is 1.94 bits per heavy atom. The summed E-state index contributed by atoms with van der Waals surface area (Å²) in [6, 6.07) is 1.74. The molecule has 1 aromatic heterocycles. The van der Waals surface area contributed by atoms with E-state index >= 15 is 0 Å². The largest absolute Gasteiger partial charge is 0.396 e. The lowest BCUT2D eigenvalue weighted by Crippen LogP contribution is -2.35. The van der Waals surface area contributed by atoms with Crippen LogP contribution in [-0.4, -0.2) is 27.7 Å². The Bertz CT molecular complexity index is 390. The summed E-state index contributed by atoms with van der Waals surface area (Å²) >= 11 is 0. The van der Waals surface area contributed by atoms with E-state index in [2.05, 4.69) is 41.5 Å². The fourth-order valence-electron chi connectivity index (χ4n) is 1.64. The molecule has 7 nitrogen and oxygen atoms in total. The lowest BCUT2D eigenvalue weighted by atomic mass is 9.85. The van der Waals surface area contributed by atoms with Crippen LogP contribution in [0, 0.1) is 5.41 Å². The summed E-state index contributed by atoms with van der Waals surface area (Å²) in [5.41, 5.74) is 8.00. The summed E-state index contributed by atoms with van der Waals surface area (Å²) in [6.07, 6.45) is 0.624. The van der Waals surface area contributed by atoms with Crippen molar-refractivity contribution in [2.45, 2.75) is 33.2 Å². The molecular formula is C11H22N6O. The maximum Gasteiger partial charge on any atom is 0.223 e. The highest BCUT2D eigenvalue weighted by Gasteiger charge is 2.24. The highest BCUT2D eigenvalue weighted by atomic mass is 16.3. The van der Waals surface area contributed by atoms with Crippen LogP contribution in [0.3, 0.4) is 0 Å². The second kappa shape index (κ2) is 5.83. The normalized spacial score (nSPS) is 13.2. The van der Waals surface area contributed by atoms with Gasteiger partial charge in [-0.3, -0.25) is 0 Å². The van der Waals surface area contributed by atoms with Crippen molar-refractivity contribution < 1.29 is 5.11 Å². The van der Waals surface area contributed by atoms with E-state index in [-0.39, 0.29) is 24.0 Å². The van der Waals surface area contributed by atoms with E-state index in [1.54, 1.807) is 6.07 Å². The van der Waals surface area contributed by atoms with E-state index in [1.807, 2.05) is 0 Å². The fraction of sp³-hybridized carbons (Fsp3) is 0.636. The van der Waals surface area contributed by atoms with Crippen molar-refractivity contribution >= 4 is 17.6 Å². The molecule has 0 fully saturated rings. The average Bonchev–Trinajstić information content (AvgIpc) is 2.26. The molecule has 0 amide bonds.